The molecule has 1 fully saturated rings. The van der Waals surface area contributed by atoms with Crippen molar-refractivity contribution < 1.29 is 9.53 Å². The second kappa shape index (κ2) is 9.70. The predicted octanol–water partition coefficient (Wildman–Crippen LogP) is 4.00. The summed E-state index contributed by atoms with van der Waals surface area (Å²) in [5.41, 5.74) is 1.76. The van der Waals surface area contributed by atoms with Gasteiger partial charge in [-0.1, -0.05) is 31.9 Å². The second-order valence-electron chi connectivity index (χ2n) is 6.90. The Morgan fingerprint density at radius 2 is 2.00 bits per heavy atom. The van der Waals surface area contributed by atoms with E-state index in [0.29, 0.717) is 11.4 Å². The number of benzene rings is 1. The number of ether oxygens (including phenoxy) is 1. The van der Waals surface area contributed by atoms with E-state index in [1.165, 1.54) is 12.8 Å². The van der Waals surface area contributed by atoms with Gasteiger partial charge in [0.2, 0.25) is 5.43 Å². The highest BCUT2D eigenvalue weighted by molar-refractivity contribution is 5.93. The van der Waals surface area contributed by atoms with Crippen molar-refractivity contribution in [3.63, 3.8) is 0 Å². The van der Waals surface area contributed by atoms with E-state index in [9.17, 15) is 9.59 Å². The number of carbonyl (C=O) groups excluding carboxylic acids is 1. The van der Waals surface area contributed by atoms with Gasteiger partial charge in [-0.2, -0.15) is 0 Å². The number of aryl methyl sites for hydroxylation is 1. The molecule has 0 bridgehead atoms. The number of rotatable bonds is 4. The fourth-order valence-corrected chi connectivity index (χ4v) is 3.62. The van der Waals surface area contributed by atoms with Gasteiger partial charge < -0.3 is 14.2 Å². The molecule has 1 aromatic heterocycles. The van der Waals surface area contributed by atoms with Crippen molar-refractivity contribution in [2.45, 2.75) is 59.5 Å². The number of fused-ring (bicyclic) bond motifs is 1. The minimum Gasteiger partial charge on any atom is -0.462 e. The molecule has 0 N–H and O–H groups in total. The first-order valence-corrected chi connectivity index (χ1v) is 10.0. The summed E-state index contributed by atoms with van der Waals surface area (Å²) in [4.78, 5) is 27.4. The molecule has 5 heteroatoms. The van der Waals surface area contributed by atoms with Gasteiger partial charge in [0.25, 0.3) is 0 Å². The molecule has 0 saturated carbocycles. The molecule has 1 aliphatic rings. The Bertz CT molecular complexity index is 841. The van der Waals surface area contributed by atoms with E-state index in [1.54, 1.807) is 13.1 Å². The molecule has 1 saturated heterocycles. The van der Waals surface area contributed by atoms with Crippen molar-refractivity contribution in [2.75, 3.05) is 20.2 Å². The lowest BCUT2D eigenvalue weighted by atomic mass is 10.0. The number of pyridine rings is 1. The predicted molar refractivity (Wildman–Crippen MR) is 111 cm³/mol. The summed E-state index contributed by atoms with van der Waals surface area (Å²) in [6.45, 7) is 9.82. The first kappa shape index (κ1) is 21.2. The van der Waals surface area contributed by atoms with Crippen LogP contribution in [0.2, 0.25) is 0 Å². The lowest BCUT2D eigenvalue weighted by Crippen LogP contribution is -2.39. The fourth-order valence-electron chi connectivity index (χ4n) is 3.62. The van der Waals surface area contributed by atoms with Gasteiger partial charge in [0.1, 0.15) is 5.56 Å². The zero-order valence-electron chi connectivity index (χ0n) is 17.2. The normalized spacial score (nSPS) is 17.3. The topological polar surface area (TPSA) is 51.5 Å². The number of nitrogens with zero attached hydrogens (tertiary/aromatic N) is 2. The number of carbonyl (C=O) groups is 1. The molecule has 3 rings (SSSR count). The molecular formula is C22H32N2O3. The molecular weight excluding hydrogens is 340 g/mol. The van der Waals surface area contributed by atoms with Crippen LogP contribution in [-0.4, -0.2) is 41.7 Å². The highest BCUT2D eigenvalue weighted by atomic mass is 16.5. The van der Waals surface area contributed by atoms with Crippen molar-refractivity contribution in [3.05, 3.63) is 45.7 Å². The summed E-state index contributed by atoms with van der Waals surface area (Å²) in [5, 5.41) is 0.587. The van der Waals surface area contributed by atoms with Crippen molar-refractivity contribution in [3.8, 4) is 0 Å². The molecule has 2 aromatic rings. The van der Waals surface area contributed by atoms with E-state index in [4.69, 9.17) is 4.74 Å². The minimum atomic E-state index is -0.540. The maximum absolute atomic E-state index is 12.8. The SMILES string of the molecule is CC.CCOC(=O)c1cn(CC2CCCCN2C)c2ccc(C)cc2c1=O. The number of hydrogen-bond acceptors (Lipinski definition) is 4. The Kier molecular flexibility index (Phi) is 7.60. The van der Waals surface area contributed by atoms with Crippen molar-refractivity contribution in [1.29, 1.82) is 0 Å². The molecule has 27 heavy (non-hydrogen) atoms. The van der Waals surface area contributed by atoms with Crippen LogP contribution >= 0.6 is 0 Å². The molecule has 0 radical (unpaired) electrons. The van der Waals surface area contributed by atoms with E-state index in [1.807, 2.05) is 39.0 Å². The van der Waals surface area contributed by atoms with Crippen LogP contribution in [0, 0.1) is 6.92 Å². The molecule has 1 aromatic carbocycles. The zero-order chi connectivity index (χ0) is 20.0. The average molecular weight is 373 g/mol. The Morgan fingerprint density at radius 3 is 2.67 bits per heavy atom. The van der Waals surface area contributed by atoms with Crippen LogP contribution in [0.3, 0.4) is 0 Å². The molecule has 1 atom stereocenters. The Hall–Kier alpha value is -2.14. The Morgan fingerprint density at radius 1 is 1.26 bits per heavy atom. The van der Waals surface area contributed by atoms with E-state index in [0.717, 1.165) is 30.6 Å². The van der Waals surface area contributed by atoms with Gasteiger partial charge in [-0.15, -0.1) is 0 Å². The lowest BCUT2D eigenvalue weighted by molar-refractivity contribution is 0.0524. The van der Waals surface area contributed by atoms with Gasteiger partial charge in [0, 0.05) is 24.2 Å². The van der Waals surface area contributed by atoms with Crippen LogP contribution in [0.5, 0.6) is 0 Å². The van der Waals surface area contributed by atoms with Gasteiger partial charge >= 0.3 is 5.97 Å². The van der Waals surface area contributed by atoms with Crippen LogP contribution in [0.4, 0.5) is 0 Å². The van der Waals surface area contributed by atoms with Gasteiger partial charge in [0.15, 0.2) is 0 Å². The fraction of sp³-hybridized carbons (Fsp3) is 0.545. The highest BCUT2D eigenvalue weighted by Crippen LogP contribution is 2.20. The lowest BCUT2D eigenvalue weighted by Gasteiger charge is -2.33. The van der Waals surface area contributed by atoms with Crippen molar-refractivity contribution >= 4 is 16.9 Å². The average Bonchev–Trinajstić information content (AvgIpc) is 2.67. The highest BCUT2D eigenvalue weighted by Gasteiger charge is 2.22. The van der Waals surface area contributed by atoms with Crippen molar-refractivity contribution in [2.24, 2.45) is 0 Å². The summed E-state index contributed by atoms with van der Waals surface area (Å²) in [6.07, 6.45) is 5.26. The molecule has 2 heterocycles. The first-order valence-electron chi connectivity index (χ1n) is 10.0. The van der Waals surface area contributed by atoms with Crippen LogP contribution in [0.15, 0.2) is 29.2 Å². The summed E-state index contributed by atoms with van der Waals surface area (Å²) in [6, 6.07) is 6.26. The first-order chi connectivity index (χ1) is 13.0. The largest absolute Gasteiger partial charge is 0.462 e. The summed E-state index contributed by atoms with van der Waals surface area (Å²) < 4.78 is 7.14. The molecule has 0 aliphatic carbocycles. The Labute approximate surface area is 161 Å². The van der Waals surface area contributed by atoms with E-state index >= 15 is 0 Å². The molecule has 148 valence electrons. The number of esters is 1. The van der Waals surface area contributed by atoms with E-state index < -0.39 is 5.97 Å². The standard InChI is InChI=1S/C20H26N2O3.C2H6/c1-4-25-20(24)17-13-22(12-15-7-5-6-10-21(15)3)18-9-8-14(2)11-16(18)19(17)23;1-2/h8-9,11,13,15H,4-7,10,12H2,1-3H3;1-2H3. The summed E-state index contributed by atoms with van der Waals surface area (Å²) in [7, 11) is 2.14. The van der Waals surface area contributed by atoms with Crippen LogP contribution in [-0.2, 0) is 11.3 Å². The molecule has 1 aliphatic heterocycles. The third kappa shape index (κ3) is 4.78. The number of piperidine rings is 1. The zero-order valence-corrected chi connectivity index (χ0v) is 17.2. The number of aromatic nitrogens is 1. The minimum absolute atomic E-state index is 0.124. The molecule has 1 unspecified atom stereocenters. The van der Waals surface area contributed by atoms with E-state index in [2.05, 4.69) is 16.5 Å². The molecule has 0 spiro atoms. The van der Waals surface area contributed by atoms with Crippen LogP contribution < -0.4 is 5.43 Å². The smallest absolute Gasteiger partial charge is 0.343 e. The third-order valence-corrected chi connectivity index (χ3v) is 5.06. The molecule has 5 nitrogen and oxygen atoms in total. The maximum atomic E-state index is 12.8. The van der Waals surface area contributed by atoms with Gasteiger partial charge in [-0.3, -0.25) is 4.79 Å². The van der Waals surface area contributed by atoms with Crippen LogP contribution in [0.1, 0.15) is 56.0 Å². The Balaban J connectivity index is 0.00000126. The molecule has 0 amide bonds. The second-order valence-corrected chi connectivity index (χ2v) is 6.90. The number of hydrogen-bond donors (Lipinski definition) is 0. The van der Waals surface area contributed by atoms with Gasteiger partial charge in [-0.05, 0) is 52.4 Å². The van der Waals surface area contributed by atoms with Gasteiger partial charge in [-0.25, -0.2) is 4.79 Å². The summed E-state index contributed by atoms with van der Waals surface area (Å²) >= 11 is 0. The van der Waals surface area contributed by atoms with E-state index in [-0.39, 0.29) is 17.6 Å². The monoisotopic (exact) mass is 372 g/mol. The number of likely N-dealkylation sites (tertiary alicyclic amines) is 1. The number of likely N-dealkylation sites (N-methyl/N-ethyl adjacent to an activating group) is 1. The summed E-state index contributed by atoms with van der Waals surface area (Å²) in [5.74, 6) is -0.540. The third-order valence-electron chi connectivity index (χ3n) is 5.06. The quantitative estimate of drug-likeness (QED) is 0.761. The van der Waals surface area contributed by atoms with Crippen LogP contribution in [0.25, 0.3) is 10.9 Å². The van der Waals surface area contributed by atoms with Crippen molar-refractivity contribution in [1.82, 2.24) is 9.47 Å². The van der Waals surface area contributed by atoms with Gasteiger partial charge in [0.05, 0.1) is 12.1 Å². The maximum Gasteiger partial charge on any atom is 0.343 e.